The Morgan fingerprint density at radius 3 is 2.72 bits per heavy atom. The Morgan fingerprint density at radius 1 is 1.24 bits per heavy atom. The Labute approximate surface area is 172 Å². The van der Waals surface area contributed by atoms with Gasteiger partial charge in [-0.1, -0.05) is 31.5 Å². The molecule has 154 valence electrons. The number of nitrogens with zero attached hydrogens (tertiary/aromatic N) is 1. The van der Waals surface area contributed by atoms with E-state index >= 15 is 0 Å². The number of amides is 1. The molecule has 4 atom stereocenters. The Morgan fingerprint density at radius 2 is 2.03 bits per heavy atom. The number of benzene rings is 1. The van der Waals surface area contributed by atoms with Crippen molar-refractivity contribution in [2.75, 3.05) is 6.61 Å². The Bertz CT molecular complexity index is 939. The lowest BCUT2D eigenvalue weighted by molar-refractivity contribution is -0.125. The maximum atomic E-state index is 12.9. The predicted octanol–water partition coefficient (Wildman–Crippen LogP) is 4.20. The van der Waals surface area contributed by atoms with Gasteiger partial charge in [-0.2, -0.15) is 0 Å². The first-order valence-corrected chi connectivity index (χ1v) is 10.8. The number of aromatic nitrogens is 1. The van der Waals surface area contributed by atoms with Gasteiger partial charge in [0, 0.05) is 17.1 Å². The molecule has 1 amide bonds. The molecule has 0 saturated heterocycles. The third kappa shape index (κ3) is 3.87. The van der Waals surface area contributed by atoms with Crippen molar-refractivity contribution in [1.29, 1.82) is 0 Å². The second kappa shape index (κ2) is 8.13. The molecular formula is C24H30N2O3. The molecule has 2 fully saturated rings. The zero-order chi connectivity index (χ0) is 20.5. The molecule has 0 spiro atoms. The van der Waals surface area contributed by atoms with Crippen LogP contribution in [0.4, 0.5) is 0 Å². The van der Waals surface area contributed by atoms with Gasteiger partial charge in [0.15, 0.2) is 6.61 Å². The van der Waals surface area contributed by atoms with E-state index < -0.39 is 5.97 Å². The first kappa shape index (κ1) is 19.9. The largest absolute Gasteiger partial charge is 0.452 e. The average molecular weight is 395 g/mol. The molecule has 2 aliphatic carbocycles. The van der Waals surface area contributed by atoms with E-state index in [1.807, 2.05) is 38.1 Å². The number of pyridine rings is 1. The molecule has 4 rings (SSSR count). The SMILES string of the molecule is CCc1nc2ccccc2c(C(=O)OCC(=O)NC(C)C2CC3CCC2C3)c1C. The molecule has 1 N–H and O–H groups in total. The number of para-hydroxylation sites is 1. The predicted molar refractivity (Wildman–Crippen MR) is 113 cm³/mol. The molecule has 4 unspecified atom stereocenters. The van der Waals surface area contributed by atoms with E-state index in [1.54, 1.807) is 0 Å². The van der Waals surface area contributed by atoms with E-state index in [0.717, 1.165) is 40.4 Å². The van der Waals surface area contributed by atoms with Gasteiger partial charge in [-0.3, -0.25) is 9.78 Å². The van der Waals surface area contributed by atoms with Crippen LogP contribution in [0.2, 0.25) is 0 Å². The molecule has 0 aliphatic heterocycles. The quantitative estimate of drug-likeness (QED) is 0.746. The normalized spacial score (nSPS) is 23.9. The van der Waals surface area contributed by atoms with Crippen molar-refractivity contribution in [1.82, 2.24) is 10.3 Å². The van der Waals surface area contributed by atoms with Crippen LogP contribution in [0.25, 0.3) is 10.9 Å². The van der Waals surface area contributed by atoms with Gasteiger partial charge in [0.1, 0.15) is 0 Å². The number of aryl methyl sites for hydroxylation is 1. The van der Waals surface area contributed by atoms with Gasteiger partial charge in [-0.15, -0.1) is 0 Å². The van der Waals surface area contributed by atoms with Gasteiger partial charge in [-0.05, 0) is 68.9 Å². The van der Waals surface area contributed by atoms with Crippen LogP contribution in [0.1, 0.15) is 61.1 Å². The van der Waals surface area contributed by atoms with Crippen molar-refractivity contribution in [3.63, 3.8) is 0 Å². The van der Waals surface area contributed by atoms with Gasteiger partial charge in [-0.25, -0.2) is 4.79 Å². The number of nitrogens with one attached hydrogen (secondary N) is 1. The third-order valence-electron chi connectivity index (χ3n) is 6.93. The first-order valence-electron chi connectivity index (χ1n) is 10.8. The Kier molecular flexibility index (Phi) is 5.57. The fourth-order valence-corrected chi connectivity index (χ4v) is 5.48. The Hall–Kier alpha value is -2.43. The zero-order valence-electron chi connectivity index (χ0n) is 17.5. The van der Waals surface area contributed by atoms with Crippen LogP contribution >= 0.6 is 0 Å². The highest BCUT2D eigenvalue weighted by Crippen LogP contribution is 2.49. The van der Waals surface area contributed by atoms with Crippen LogP contribution in [-0.2, 0) is 16.0 Å². The number of rotatable bonds is 6. The number of fused-ring (bicyclic) bond motifs is 3. The summed E-state index contributed by atoms with van der Waals surface area (Å²) in [5.74, 6) is 1.47. The molecule has 0 radical (unpaired) electrons. The van der Waals surface area contributed by atoms with Crippen molar-refractivity contribution in [2.45, 2.75) is 58.9 Å². The summed E-state index contributed by atoms with van der Waals surface area (Å²) in [7, 11) is 0. The van der Waals surface area contributed by atoms with E-state index in [4.69, 9.17) is 4.74 Å². The molecule has 5 heteroatoms. The Balaban J connectivity index is 1.42. The van der Waals surface area contributed by atoms with Gasteiger partial charge < -0.3 is 10.1 Å². The van der Waals surface area contributed by atoms with Crippen LogP contribution in [0.3, 0.4) is 0 Å². The lowest BCUT2D eigenvalue weighted by atomic mass is 9.84. The second-order valence-electron chi connectivity index (χ2n) is 8.70. The molecule has 1 heterocycles. The van der Waals surface area contributed by atoms with E-state index in [2.05, 4.69) is 17.2 Å². The highest BCUT2D eigenvalue weighted by atomic mass is 16.5. The number of carbonyl (C=O) groups is 2. The molecule has 2 saturated carbocycles. The molecule has 2 aromatic rings. The summed E-state index contributed by atoms with van der Waals surface area (Å²) in [5, 5.41) is 3.83. The average Bonchev–Trinajstić information content (AvgIpc) is 3.35. The van der Waals surface area contributed by atoms with Gasteiger partial charge in [0.2, 0.25) is 0 Å². The van der Waals surface area contributed by atoms with Crippen LogP contribution in [0, 0.1) is 24.7 Å². The first-order chi connectivity index (χ1) is 14.0. The van der Waals surface area contributed by atoms with E-state index in [1.165, 1.54) is 25.7 Å². The summed E-state index contributed by atoms with van der Waals surface area (Å²) in [6, 6.07) is 7.70. The lowest BCUT2D eigenvalue weighted by Crippen LogP contribution is -2.42. The molecular weight excluding hydrogens is 364 g/mol. The molecule has 2 aliphatic rings. The number of hydrogen-bond donors (Lipinski definition) is 1. The minimum absolute atomic E-state index is 0.131. The summed E-state index contributed by atoms with van der Waals surface area (Å²) in [6.07, 6.45) is 5.90. The van der Waals surface area contributed by atoms with Gasteiger partial charge in [0.05, 0.1) is 11.1 Å². The summed E-state index contributed by atoms with van der Waals surface area (Å²) in [4.78, 5) is 29.9. The number of esters is 1. The number of carbonyl (C=O) groups excluding carboxylic acids is 2. The monoisotopic (exact) mass is 394 g/mol. The van der Waals surface area contributed by atoms with Crippen molar-refractivity contribution in [2.24, 2.45) is 17.8 Å². The van der Waals surface area contributed by atoms with Crippen LogP contribution < -0.4 is 5.32 Å². The maximum Gasteiger partial charge on any atom is 0.339 e. The highest BCUT2D eigenvalue weighted by Gasteiger charge is 2.42. The maximum absolute atomic E-state index is 12.9. The minimum atomic E-state index is -0.460. The summed E-state index contributed by atoms with van der Waals surface area (Å²) < 4.78 is 5.43. The zero-order valence-corrected chi connectivity index (χ0v) is 17.5. The topological polar surface area (TPSA) is 68.3 Å². The minimum Gasteiger partial charge on any atom is -0.452 e. The van der Waals surface area contributed by atoms with Gasteiger partial charge in [0.25, 0.3) is 5.91 Å². The molecule has 1 aromatic heterocycles. The lowest BCUT2D eigenvalue weighted by Gasteiger charge is -2.28. The number of hydrogen-bond acceptors (Lipinski definition) is 4. The molecule has 1 aromatic carbocycles. The van der Waals surface area contributed by atoms with E-state index in [9.17, 15) is 9.59 Å². The summed E-state index contributed by atoms with van der Waals surface area (Å²) in [5.41, 5.74) is 3.00. The van der Waals surface area contributed by atoms with Crippen LogP contribution in [0.5, 0.6) is 0 Å². The highest BCUT2D eigenvalue weighted by molar-refractivity contribution is 6.05. The van der Waals surface area contributed by atoms with Gasteiger partial charge >= 0.3 is 5.97 Å². The smallest absolute Gasteiger partial charge is 0.339 e. The molecule has 5 nitrogen and oxygen atoms in total. The summed E-state index contributed by atoms with van der Waals surface area (Å²) >= 11 is 0. The van der Waals surface area contributed by atoms with Crippen molar-refractivity contribution in [3.05, 3.63) is 41.1 Å². The van der Waals surface area contributed by atoms with Crippen molar-refractivity contribution in [3.8, 4) is 0 Å². The summed E-state index contributed by atoms with van der Waals surface area (Å²) in [6.45, 7) is 5.75. The molecule has 2 bridgehead atoms. The van der Waals surface area contributed by atoms with Crippen LogP contribution in [0.15, 0.2) is 24.3 Å². The van der Waals surface area contributed by atoms with Crippen molar-refractivity contribution >= 4 is 22.8 Å². The second-order valence-corrected chi connectivity index (χ2v) is 8.70. The fourth-order valence-electron chi connectivity index (χ4n) is 5.48. The number of ether oxygens (including phenoxy) is 1. The third-order valence-corrected chi connectivity index (χ3v) is 6.93. The fraction of sp³-hybridized carbons (Fsp3) is 0.542. The standard InChI is InChI=1S/C24H30N2O3/c1-4-20-14(2)23(18-7-5-6-8-21(18)26-20)24(28)29-13-22(27)25-15(3)19-12-16-9-10-17(19)11-16/h5-8,15-17,19H,4,9-13H2,1-3H3,(H,25,27). The molecule has 29 heavy (non-hydrogen) atoms. The van der Waals surface area contributed by atoms with Crippen molar-refractivity contribution < 1.29 is 14.3 Å². The van der Waals surface area contributed by atoms with E-state index in [-0.39, 0.29) is 18.6 Å². The van der Waals surface area contributed by atoms with Crippen LogP contribution in [-0.4, -0.2) is 29.5 Å². The van der Waals surface area contributed by atoms with E-state index in [0.29, 0.717) is 11.5 Å².